The Morgan fingerprint density at radius 2 is 0.990 bits per heavy atom. The average molecular weight is 1430 g/mol. The van der Waals surface area contributed by atoms with Crippen molar-refractivity contribution in [2.24, 2.45) is 0 Å². The Balaban J connectivity index is 0.000000230. The van der Waals surface area contributed by atoms with Crippen LogP contribution in [0.2, 0.25) is 51.4 Å². The van der Waals surface area contributed by atoms with Gasteiger partial charge >= 0.3 is 0 Å². The van der Waals surface area contributed by atoms with Gasteiger partial charge in [-0.25, -0.2) is 48.0 Å². The molecule has 0 amide bonds. The number of fused-ring (bicyclic) bond motifs is 2. The van der Waals surface area contributed by atoms with Crippen LogP contribution in [0.4, 0.5) is 20.4 Å². The fraction of sp³-hybridized carbons (Fsp3) is 0.437. The minimum atomic E-state index is -1.18. The molecule has 26 nitrogen and oxygen atoms in total. The molecule has 2 aliphatic heterocycles. The molecule has 0 saturated carbocycles. The summed E-state index contributed by atoms with van der Waals surface area (Å²) in [6, 6.07) is 25.9. The summed E-state index contributed by atoms with van der Waals surface area (Å²) in [5.74, 6) is 3.84. The number of anilines is 2. The monoisotopic (exact) mass is 1430 g/mol. The largest absolute Gasteiger partial charge is 0.487 e. The number of nitrogens with zero attached hydrogens (tertiary/aromatic N) is 12. The molecular weight excluding hydrogens is 1330 g/mol. The molecule has 101 heavy (non-hydrogen) atoms. The average Bonchev–Trinajstić information content (AvgIpc) is 1.62. The summed E-state index contributed by atoms with van der Waals surface area (Å²) in [4.78, 5) is 26.4. The van der Waals surface area contributed by atoms with Crippen LogP contribution < -0.4 is 36.6 Å². The molecule has 12 rings (SSSR count). The minimum Gasteiger partial charge on any atom is -0.487 e. The lowest BCUT2D eigenvalue weighted by Crippen LogP contribution is -2.22. The van der Waals surface area contributed by atoms with Crippen molar-refractivity contribution in [3.8, 4) is 57.0 Å². The predicted octanol–water partition coefficient (Wildman–Crippen LogP) is 14.5. The van der Waals surface area contributed by atoms with Gasteiger partial charge in [-0.05, 0) is 100 Å². The van der Waals surface area contributed by atoms with Crippen molar-refractivity contribution in [3.63, 3.8) is 0 Å². The van der Waals surface area contributed by atoms with Crippen molar-refractivity contribution in [1.29, 1.82) is 0 Å². The Kier molecular flexibility index (Phi) is 27.9. The number of imidazole rings is 2. The smallest absolute Gasteiger partial charge is 0.270 e. The number of methoxy groups -OCH3 is 3. The van der Waals surface area contributed by atoms with Crippen LogP contribution in [0.3, 0.4) is 0 Å². The van der Waals surface area contributed by atoms with Crippen LogP contribution in [0.15, 0.2) is 110 Å². The molecule has 0 unspecified atom stereocenters. The fourth-order valence-electron chi connectivity index (χ4n) is 11.0. The summed E-state index contributed by atoms with van der Waals surface area (Å²) in [6.45, 7) is 22.7. The molecule has 0 aliphatic carbocycles. The van der Waals surface area contributed by atoms with Crippen LogP contribution in [-0.4, -0.2) is 142 Å². The second kappa shape index (κ2) is 36.2. The van der Waals surface area contributed by atoms with E-state index >= 15 is 0 Å². The molecule has 30 heteroatoms. The molecule has 6 aromatic heterocycles. The van der Waals surface area contributed by atoms with Gasteiger partial charge < -0.3 is 78.9 Å². The van der Waals surface area contributed by atoms with E-state index in [-0.39, 0.29) is 38.9 Å². The number of hydrogen-bond donors (Lipinski definition) is 3. The van der Waals surface area contributed by atoms with Gasteiger partial charge in [0.1, 0.15) is 120 Å². The summed E-state index contributed by atoms with van der Waals surface area (Å²) in [5, 5.41) is 11.3. The van der Waals surface area contributed by atoms with Gasteiger partial charge in [-0.1, -0.05) is 46.7 Å². The van der Waals surface area contributed by atoms with Gasteiger partial charge in [0.2, 0.25) is 0 Å². The fourth-order valence-corrected chi connectivity index (χ4v) is 12.5. The minimum absolute atomic E-state index is 0. The van der Waals surface area contributed by atoms with Crippen molar-refractivity contribution in [2.45, 2.75) is 144 Å². The van der Waals surface area contributed by atoms with E-state index in [0.29, 0.717) is 126 Å². The Labute approximate surface area is 590 Å². The first kappa shape index (κ1) is 77.9. The van der Waals surface area contributed by atoms with Crippen molar-refractivity contribution < 1.29 is 60.9 Å². The molecule has 7 N–H and O–H groups in total. The first-order valence-electron chi connectivity index (χ1n) is 33.0. The third-order valence-electron chi connectivity index (χ3n) is 16.5. The molecule has 2 saturated heterocycles. The molecule has 0 spiro atoms. The van der Waals surface area contributed by atoms with Gasteiger partial charge in [0, 0.05) is 131 Å². The number of benzene rings is 4. The maximum absolute atomic E-state index is 14.6. The van der Waals surface area contributed by atoms with Gasteiger partial charge in [0.05, 0.1) is 40.4 Å². The molecule has 8 heterocycles. The van der Waals surface area contributed by atoms with Crippen molar-refractivity contribution in [1.82, 2.24) is 64.7 Å². The lowest BCUT2D eigenvalue weighted by atomic mass is 10.1. The van der Waals surface area contributed by atoms with E-state index in [1.807, 2.05) is 74.9 Å². The standard InChI is InChI=1S/2C33H40FN7O4Si.C4H10O3.CH4.H3N/c1-22-38-25(18-40(22)21-43-13-14-46(2,3)4)19-44-28-15-24(34)16-29(17-28)45-27-7-5-23(6-8-27)31-30-32(35)36-20-37-33(30)41(39-31)26-9-11-42-12-10-26;1-22-36-18-26(40(22)21-43-13-14-46(2,3)4)19-44-28-15-24(34)16-29(17-28)45-27-7-5-23(6-8-27)31-30-32(35)37-20-38-33(30)41(39-31)25-9-11-42-12-10-25;1-5-4(6-2)7-3;;/h5-8,15-18,20,26H,9-14,19,21H2,1-4H3,(H2,35,36,37);5-8,15-18,20,25H,9-14,19,21H2,1-4H3,(H2,35,37,38);4H,1-3H3;1H4;1H3. The van der Waals surface area contributed by atoms with E-state index < -0.39 is 34.3 Å². The van der Waals surface area contributed by atoms with Crippen LogP contribution in [-0.2, 0) is 59.8 Å². The number of rotatable bonds is 27. The van der Waals surface area contributed by atoms with E-state index in [4.69, 9.17) is 59.6 Å². The van der Waals surface area contributed by atoms with Gasteiger partial charge in [-0.2, -0.15) is 10.2 Å². The number of aryl methyl sites for hydroxylation is 2. The predicted molar refractivity (Wildman–Crippen MR) is 389 cm³/mol. The summed E-state index contributed by atoms with van der Waals surface area (Å²) in [6.07, 6.45) is 9.99. The van der Waals surface area contributed by atoms with Crippen molar-refractivity contribution >= 4 is 49.9 Å². The van der Waals surface area contributed by atoms with Gasteiger partial charge in [0.25, 0.3) is 6.48 Å². The Morgan fingerprint density at radius 3 is 1.43 bits per heavy atom. The number of nitrogens with two attached hydrogens (primary N) is 2. The first-order chi connectivity index (χ1) is 47.6. The summed E-state index contributed by atoms with van der Waals surface area (Å²) >= 11 is 0. The summed E-state index contributed by atoms with van der Waals surface area (Å²) < 4.78 is 97.6. The maximum atomic E-state index is 14.6. The molecular formula is C71H97F2N15O11Si2. The first-order valence-corrected chi connectivity index (χ1v) is 40.4. The Hall–Kier alpha value is -8.83. The van der Waals surface area contributed by atoms with E-state index in [2.05, 4.69) is 83.4 Å². The molecule has 10 aromatic rings. The van der Waals surface area contributed by atoms with Crippen LogP contribution in [0.1, 0.15) is 68.2 Å². The molecule has 2 aliphatic rings. The number of halogens is 2. The molecule has 544 valence electrons. The highest BCUT2D eigenvalue weighted by Crippen LogP contribution is 2.38. The highest BCUT2D eigenvalue weighted by molar-refractivity contribution is 6.76. The molecule has 0 atom stereocenters. The highest BCUT2D eigenvalue weighted by Gasteiger charge is 2.27. The van der Waals surface area contributed by atoms with E-state index in [0.717, 1.165) is 78.5 Å². The third-order valence-corrected chi connectivity index (χ3v) is 19.9. The zero-order chi connectivity index (χ0) is 70.2. The maximum Gasteiger partial charge on any atom is 0.270 e. The second-order valence-electron chi connectivity index (χ2n) is 26.4. The van der Waals surface area contributed by atoms with Crippen LogP contribution in [0.5, 0.6) is 34.5 Å². The summed E-state index contributed by atoms with van der Waals surface area (Å²) in [5.41, 5.74) is 18.6. The molecule has 2 fully saturated rings. The third kappa shape index (κ3) is 21.4. The Morgan fingerprint density at radius 1 is 0.554 bits per heavy atom. The molecule has 0 radical (unpaired) electrons. The zero-order valence-corrected chi connectivity index (χ0v) is 60.9. The van der Waals surface area contributed by atoms with E-state index in [9.17, 15) is 8.78 Å². The zero-order valence-electron chi connectivity index (χ0n) is 58.9. The SMILES string of the molecule is C.COC(OC)OC.Cc1nc(COc2cc(F)cc(Oc3ccc(-c4nn(C5CCOCC5)c5ncnc(N)c45)cc3)c2)cn1COCC[Si](C)(C)C.Cc1ncc(COc2cc(F)cc(Oc3ccc(-c4nn(C5CCOCC5)c5ncnc(N)c45)cc3)c2)n1COCC[Si](C)(C)C.N. The van der Waals surface area contributed by atoms with Crippen molar-refractivity contribution in [2.75, 3.05) is 72.4 Å². The quantitative estimate of drug-likeness (QED) is 0.0245. The van der Waals surface area contributed by atoms with Gasteiger partial charge in [-0.3, -0.25) is 0 Å². The molecule has 0 bridgehead atoms. The van der Waals surface area contributed by atoms with Gasteiger partial charge in [-0.15, -0.1) is 0 Å². The second-order valence-corrected chi connectivity index (χ2v) is 37.7. The molecule has 4 aromatic carbocycles. The Bertz CT molecular complexity index is 4240. The lowest BCUT2D eigenvalue weighted by Gasteiger charge is -2.22. The van der Waals surface area contributed by atoms with Gasteiger partial charge in [0.15, 0.2) is 11.3 Å². The van der Waals surface area contributed by atoms with Crippen molar-refractivity contribution in [3.05, 3.63) is 145 Å². The van der Waals surface area contributed by atoms with Crippen LogP contribution in [0.25, 0.3) is 44.6 Å². The van der Waals surface area contributed by atoms with Crippen LogP contribution >= 0.6 is 0 Å². The lowest BCUT2D eigenvalue weighted by molar-refractivity contribution is -0.252. The topological polar surface area (TPSA) is 311 Å². The van der Waals surface area contributed by atoms with E-state index in [1.54, 1.807) is 30.5 Å². The highest BCUT2D eigenvalue weighted by atomic mass is 28.3. The van der Waals surface area contributed by atoms with Crippen LogP contribution in [0, 0.1) is 25.5 Å². The number of nitrogen functional groups attached to an aromatic ring is 2. The number of ether oxygens (including phenoxy) is 11. The normalized spacial score (nSPS) is 13.6. The number of hydrogen-bond acceptors (Lipinski definition) is 22. The number of aromatic nitrogens is 12. The summed E-state index contributed by atoms with van der Waals surface area (Å²) in [7, 11) is 2.21. The van der Waals surface area contributed by atoms with E-state index in [1.165, 1.54) is 58.2 Å².